The number of carboxylic acid groups (broad SMARTS) is 1. The van der Waals surface area contributed by atoms with Crippen molar-refractivity contribution in [1.82, 2.24) is 4.90 Å². The molecule has 1 aliphatic rings. The predicted molar refractivity (Wildman–Crippen MR) is 108 cm³/mol. The fourth-order valence-electron chi connectivity index (χ4n) is 3.40. The van der Waals surface area contributed by atoms with Gasteiger partial charge in [-0.2, -0.15) is 0 Å². The summed E-state index contributed by atoms with van der Waals surface area (Å²) in [5, 5.41) is 9.50. The van der Waals surface area contributed by atoms with Crippen LogP contribution in [0, 0.1) is 0 Å². The highest BCUT2D eigenvalue weighted by atomic mass is 16.4. The van der Waals surface area contributed by atoms with E-state index in [1.165, 1.54) is 11.6 Å². The fourth-order valence-corrected chi connectivity index (χ4v) is 3.40. The van der Waals surface area contributed by atoms with Gasteiger partial charge in [-0.3, -0.25) is 4.79 Å². The number of unbranched alkanes of at least 4 members (excludes halogenated alkanes) is 1. The Labute approximate surface area is 161 Å². The third-order valence-corrected chi connectivity index (χ3v) is 4.80. The largest absolute Gasteiger partial charge is 0.478 e. The Morgan fingerprint density at radius 1 is 1.22 bits per heavy atom. The Hall–Kier alpha value is -2.62. The molecule has 0 aliphatic carbocycles. The van der Waals surface area contributed by atoms with Gasteiger partial charge in [-0.15, -0.1) is 0 Å². The van der Waals surface area contributed by atoms with E-state index in [1.807, 2.05) is 24.0 Å². The summed E-state index contributed by atoms with van der Waals surface area (Å²) in [6.45, 7) is 9.03. The molecule has 0 atom stereocenters. The van der Waals surface area contributed by atoms with Crippen molar-refractivity contribution in [1.29, 1.82) is 0 Å². The third kappa shape index (κ3) is 5.43. The Morgan fingerprint density at radius 3 is 2.59 bits per heavy atom. The Balaban J connectivity index is 2.17. The average Bonchev–Trinajstić information content (AvgIpc) is 3.07. The molecule has 1 aromatic carbocycles. The summed E-state index contributed by atoms with van der Waals surface area (Å²) < 4.78 is 0. The number of nitrogens with zero attached hydrogens (tertiary/aromatic N) is 1. The fraction of sp³-hybridized carbons (Fsp3) is 0.391. The van der Waals surface area contributed by atoms with E-state index >= 15 is 0 Å². The van der Waals surface area contributed by atoms with Crippen molar-refractivity contribution >= 4 is 11.9 Å². The van der Waals surface area contributed by atoms with Gasteiger partial charge >= 0.3 is 5.97 Å². The van der Waals surface area contributed by atoms with Crippen LogP contribution in [-0.4, -0.2) is 21.9 Å². The number of allylic oxidation sites excluding steroid dienone is 3. The molecule has 1 heterocycles. The number of rotatable bonds is 9. The van der Waals surface area contributed by atoms with Gasteiger partial charge in [0.15, 0.2) is 0 Å². The van der Waals surface area contributed by atoms with Crippen LogP contribution < -0.4 is 0 Å². The summed E-state index contributed by atoms with van der Waals surface area (Å²) in [7, 11) is 0. The van der Waals surface area contributed by atoms with Crippen LogP contribution in [0.3, 0.4) is 0 Å². The number of aliphatic carboxylic acids is 1. The molecule has 0 aromatic heterocycles. The van der Waals surface area contributed by atoms with Gasteiger partial charge < -0.3 is 10.0 Å². The molecule has 144 valence electrons. The van der Waals surface area contributed by atoms with E-state index in [0.29, 0.717) is 25.9 Å². The highest BCUT2D eigenvalue weighted by molar-refractivity contribution is 5.92. The van der Waals surface area contributed by atoms with Crippen LogP contribution in [0.15, 0.2) is 54.2 Å². The average molecular weight is 367 g/mol. The molecular weight excluding hydrogens is 338 g/mol. The van der Waals surface area contributed by atoms with Crippen LogP contribution in [0.5, 0.6) is 0 Å². The van der Waals surface area contributed by atoms with E-state index in [1.54, 1.807) is 6.08 Å². The van der Waals surface area contributed by atoms with Gasteiger partial charge in [-0.25, -0.2) is 4.79 Å². The quantitative estimate of drug-likeness (QED) is 0.504. The lowest BCUT2D eigenvalue weighted by Crippen LogP contribution is -2.24. The molecule has 2 rings (SSSR count). The minimum absolute atomic E-state index is 0.211. The normalized spacial score (nSPS) is 14.2. The van der Waals surface area contributed by atoms with Crippen molar-refractivity contribution in [2.24, 2.45) is 0 Å². The molecule has 1 amide bonds. The van der Waals surface area contributed by atoms with E-state index in [-0.39, 0.29) is 11.5 Å². The second kappa shape index (κ2) is 9.91. The van der Waals surface area contributed by atoms with Gasteiger partial charge in [-0.1, -0.05) is 57.2 Å². The first-order chi connectivity index (χ1) is 13.0. The minimum atomic E-state index is -0.941. The molecular formula is C23H29NO3. The summed E-state index contributed by atoms with van der Waals surface area (Å²) in [5.74, 6) is -0.730. The lowest BCUT2D eigenvalue weighted by Gasteiger charge is -2.14. The van der Waals surface area contributed by atoms with E-state index in [0.717, 1.165) is 36.0 Å². The minimum Gasteiger partial charge on any atom is -0.478 e. The molecule has 0 radical (unpaired) electrons. The molecule has 4 heteroatoms. The van der Waals surface area contributed by atoms with Crippen molar-refractivity contribution in [3.05, 3.63) is 70.8 Å². The molecule has 0 saturated carbocycles. The number of carboxylic acids is 1. The van der Waals surface area contributed by atoms with Crippen molar-refractivity contribution in [2.75, 3.05) is 0 Å². The Bertz CT molecular complexity index is 774. The first-order valence-electron chi connectivity index (χ1n) is 9.64. The molecule has 0 fully saturated rings. The monoisotopic (exact) mass is 367 g/mol. The summed E-state index contributed by atoms with van der Waals surface area (Å²) in [6.07, 6.45) is 8.88. The zero-order valence-corrected chi connectivity index (χ0v) is 16.3. The number of amides is 1. The van der Waals surface area contributed by atoms with E-state index in [9.17, 15) is 14.7 Å². The molecule has 1 N–H and O–H groups in total. The highest BCUT2D eigenvalue weighted by Gasteiger charge is 2.23. The molecule has 0 bridgehead atoms. The van der Waals surface area contributed by atoms with Gasteiger partial charge in [0, 0.05) is 19.5 Å². The smallest absolute Gasteiger partial charge is 0.335 e. The standard InChI is InChI=1S/C23H29NO3/c1-4-7-10-22(25)24-15-19-12-11-17(14-20(19)16-24)13-18(8-5-2)21(9-6-3)23(26)27/h6,8-9,11-12,14H,3-5,7,10,13,15-16H2,1-2H3,(H,26,27)/b18-8-,21-9+. The molecule has 1 aliphatic heterocycles. The molecule has 0 saturated heterocycles. The zero-order chi connectivity index (χ0) is 19.8. The van der Waals surface area contributed by atoms with Crippen LogP contribution in [0.25, 0.3) is 0 Å². The van der Waals surface area contributed by atoms with E-state index in [2.05, 4.69) is 25.6 Å². The maximum atomic E-state index is 12.3. The van der Waals surface area contributed by atoms with Crippen molar-refractivity contribution in [2.45, 2.75) is 59.0 Å². The molecule has 1 aromatic rings. The first kappa shape index (κ1) is 20.7. The van der Waals surface area contributed by atoms with E-state index in [4.69, 9.17) is 0 Å². The number of carbonyl (C=O) groups excluding carboxylic acids is 1. The second-order valence-electron chi connectivity index (χ2n) is 6.89. The van der Waals surface area contributed by atoms with Crippen LogP contribution in [0.1, 0.15) is 56.2 Å². The Morgan fingerprint density at radius 2 is 1.96 bits per heavy atom. The molecule has 4 nitrogen and oxygen atoms in total. The van der Waals surface area contributed by atoms with Crippen molar-refractivity contribution < 1.29 is 14.7 Å². The maximum absolute atomic E-state index is 12.3. The predicted octanol–water partition coefficient (Wildman–Crippen LogP) is 4.79. The van der Waals surface area contributed by atoms with Gasteiger partial charge in [0.05, 0.1) is 5.57 Å². The number of carbonyl (C=O) groups is 2. The third-order valence-electron chi connectivity index (χ3n) is 4.80. The SMILES string of the molecule is C=C/C=C(C(=O)O)\C(=C/CC)Cc1ccc2c(c1)CN(C(=O)CCCC)C2. The lowest BCUT2D eigenvalue weighted by molar-refractivity contribution is -0.133. The van der Waals surface area contributed by atoms with Crippen molar-refractivity contribution in [3.8, 4) is 0 Å². The topological polar surface area (TPSA) is 57.6 Å². The summed E-state index contributed by atoms with van der Waals surface area (Å²) >= 11 is 0. The highest BCUT2D eigenvalue weighted by Crippen LogP contribution is 2.27. The van der Waals surface area contributed by atoms with Gasteiger partial charge in [0.1, 0.15) is 0 Å². The molecule has 0 spiro atoms. The van der Waals surface area contributed by atoms with Crippen molar-refractivity contribution in [3.63, 3.8) is 0 Å². The first-order valence-corrected chi connectivity index (χ1v) is 9.64. The summed E-state index contributed by atoms with van der Waals surface area (Å²) in [5.41, 5.74) is 4.48. The van der Waals surface area contributed by atoms with Gasteiger partial charge in [0.25, 0.3) is 0 Å². The summed E-state index contributed by atoms with van der Waals surface area (Å²) in [6, 6.07) is 6.22. The van der Waals surface area contributed by atoms with Crippen LogP contribution >= 0.6 is 0 Å². The van der Waals surface area contributed by atoms with E-state index < -0.39 is 5.97 Å². The maximum Gasteiger partial charge on any atom is 0.335 e. The van der Waals surface area contributed by atoms with Gasteiger partial charge in [-0.05, 0) is 47.6 Å². The molecule has 27 heavy (non-hydrogen) atoms. The number of hydrogen-bond donors (Lipinski definition) is 1. The zero-order valence-electron chi connectivity index (χ0n) is 16.3. The van der Waals surface area contributed by atoms with Crippen LogP contribution in [0.2, 0.25) is 0 Å². The number of benzene rings is 1. The van der Waals surface area contributed by atoms with Gasteiger partial charge in [0.2, 0.25) is 5.91 Å². The van der Waals surface area contributed by atoms with Crippen LogP contribution in [-0.2, 0) is 29.1 Å². The Kier molecular flexibility index (Phi) is 7.59. The molecule has 0 unspecified atom stereocenters. The summed E-state index contributed by atoms with van der Waals surface area (Å²) in [4.78, 5) is 25.8. The van der Waals surface area contributed by atoms with Crippen LogP contribution in [0.4, 0.5) is 0 Å². The lowest BCUT2D eigenvalue weighted by atomic mass is 9.95. The second-order valence-corrected chi connectivity index (χ2v) is 6.89. The number of fused-ring (bicyclic) bond motifs is 1. The number of hydrogen-bond acceptors (Lipinski definition) is 2.